The van der Waals surface area contributed by atoms with E-state index in [0.29, 0.717) is 18.8 Å². The Bertz CT molecular complexity index is 901. The van der Waals surface area contributed by atoms with Crippen LogP contribution in [0.2, 0.25) is 0 Å². The highest BCUT2D eigenvalue weighted by molar-refractivity contribution is 5.92. The standard InChI is InChI=1S/C21H18FNO3/c22-18-8-10-19(11-9-18)25-14-3-15-26-20(24)12-7-17-5-1-4-16-6-2-13-23-21(16)17/h1-2,4-13H,3,14-15H2/b12-7+. The van der Waals surface area contributed by atoms with Crippen LogP contribution in [0.4, 0.5) is 4.39 Å². The molecule has 0 aliphatic heterocycles. The summed E-state index contributed by atoms with van der Waals surface area (Å²) in [5, 5.41) is 1.01. The van der Waals surface area contributed by atoms with Crippen molar-refractivity contribution < 1.29 is 18.7 Å². The van der Waals surface area contributed by atoms with Gasteiger partial charge in [-0.05, 0) is 36.4 Å². The van der Waals surface area contributed by atoms with Gasteiger partial charge in [0, 0.05) is 29.6 Å². The Morgan fingerprint density at radius 1 is 1.04 bits per heavy atom. The first-order valence-corrected chi connectivity index (χ1v) is 8.29. The number of halogens is 1. The number of nitrogens with zero attached hydrogens (tertiary/aromatic N) is 1. The van der Waals surface area contributed by atoms with Crippen molar-refractivity contribution in [3.63, 3.8) is 0 Å². The molecule has 0 amide bonds. The van der Waals surface area contributed by atoms with Gasteiger partial charge in [0.2, 0.25) is 0 Å². The van der Waals surface area contributed by atoms with Gasteiger partial charge in [-0.2, -0.15) is 0 Å². The minimum atomic E-state index is -0.417. The van der Waals surface area contributed by atoms with Crippen LogP contribution in [-0.2, 0) is 9.53 Å². The third-order valence-electron chi connectivity index (χ3n) is 3.68. The second-order valence-electron chi connectivity index (χ2n) is 5.58. The van der Waals surface area contributed by atoms with E-state index in [1.54, 1.807) is 24.4 Å². The molecule has 0 unspecified atom stereocenters. The molecular weight excluding hydrogens is 333 g/mol. The average molecular weight is 351 g/mol. The van der Waals surface area contributed by atoms with E-state index >= 15 is 0 Å². The summed E-state index contributed by atoms with van der Waals surface area (Å²) in [6.07, 6.45) is 5.36. The van der Waals surface area contributed by atoms with Gasteiger partial charge in [0.25, 0.3) is 0 Å². The van der Waals surface area contributed by atoms with Crippen LogP contribution in [0.3, 0.4) is 0 Å². The monoisotopic (exact) mass is 351 g/mol. The minimum absolute atomic E-state index is 0.248. The largest absolute Gasteiger partial charge is 0.493 e. The Labute approximate surface area is 150 Å². The molecule has 0 atom stereocenters. The van der Waals surface area contributed by atoms with Crippen LogP contribution in [-0.4, -0.2) is 24.2 Å². The average Bonchev–Trinajstić information content (AvgIpc) is 2.67. The number of esters is 1. The molecule has 3 rings (SSSR count). The van der Waals surface area contributed by atoms with Gasteiger partial charge in [-0.25, -0.2) is 9.18 Å². The Morgan fingerprint density at radius 2 is 1.85 bits per heavy atom. The topological polar surface area (TPSA) is 48.4 Å². The number of hydrogen-bond acceptors (Lipinski definition) is 4. The summed E-state index contributed by atoms with van der Waals surface area (Å²) in [5.74, 6) is -0.139. The number of benzene rings is 2. The Hall–Kier alpha value is -3.21. The highest BCUT2D eigenvalue weighted by Gasteiger charge is 2.01. The minimum Gasteiger partial charge on any atom is -0.493 e. The molecule has 1 aromatic heterocycles. The van der Waals surface area contributed by atoms with Gasteiger partial charge >= 0.3 is 5.97 Å². The van der Waals surface area contributed by atoms with Crippen molar-refractivity contribution in [1.29, 1.82) is 0 Å². The first kappa shape index (κ1) is 17.6. The van der Waals surface area contributed by atoms with Gasteiger partial charge in [0.15, 0.2) is 0 Å². The molecule has 0 bridgehead atoms. The van der Waals surface area contributed by atoms with Crippen molar-refractivity contribution in [3.8, 4) is 5.75 Å². The zero-order valence-corrected chi connectivity index (χ0v) is 14.1. The third-order valence-corrected chi connectivity index (χ3v) is 3.68. The summed E-state index contributed by atoms with van der Waals surface area (Å²) in [6, 6.07) is 15.4. The van der Waals surface area contributed by atoms with Gasteiger partial charge in [0.05, 0.1) is 18.7 Å². The van der Waals surface area contributed by atoms with E-state index < -0.39 is 5.97 Å². The predicted octanol–water partition coefficient (Wildman–Crippen LogP) is 4.40. The summed E-state index contributed by atoms with van der Waals surface area (Å²) in [5.41, 5.74) is 1.70. The maximum Gasteiger partial charge on any atom is 0.330 e. The van der Waals surface area contributed by atoms with E-state index in [4.69, 9.17) is 9.47 Å². The fourth-order valence-corrected chi connectivity index (χ4v) is 2.42. The summed E-state index contributed by atoms with van der Waals surface area (Å²) in [7, 11) is 0. The molecule has 0 saturated carbocycles. The maximum atomic E-state index is 12.8. The lowest BCUT2D eigenvalue weighted by Crippen LogP contribution is -2.06. The van der Waals surface area contributed by atoms with Crippen LogP contribution in [0.1, 0.15) is 12.0 Å². The molecule has 5 heteroatoms. The van der Waals surface area contributed by atoms with E-state index in [9.17, 15) is 9.18 Å². The lowest BCUT2D eigenvalue weighted by atomic mass is 10.1. The zero-order valence-electron chi connectivity index (χ0n) is 14.1. The predicted molar refractivity (Wildman–Crippen MR) is 98.2 cm³/mol. The van der Waals surface area contributed by atoms with Crippen LogP contribution in [0.15, 0.2) is 66.9 Å². The molecule has 3 aromatic rings. The number of pyridine rings is 1. The maximum absolute atomic E-state index is 12.8. The lowest BCUT2D eigenvalue weighted by Gasteiger charge is -2.06. The quantitative estimate of drug-likeness (QED) is 0.360. The molecular formula is C21H18FNO3. The summed E-state index contributed by atoms with van der Waals surface area (Å²) < 4.78 is 23.4. The second kappa shape index (κ2) is 8.76. The zero-order chi connectivity index (χ0) is 18.2. The van der Waals surface area contributed by atoms with Gasteiger partial charge < -0.3 is 9.47 Å². The highest BCUT2D eigenvalue weighted by Crippen LogP contribution is 2.17. The summed E-state index contributed by atoms with van der Waals surface area (Å²) in [4.78, 5) is 16.1. The molecule has 0 spiro atoms. The first-order valence-electron chi connectivity index (χ1n) is 8.29. The lowest BCUT2D eigenvalue weighted by molar-refractivity contribution is -0.137. The summed E-state index contributed by atoms with van der Waals surface area (Å²) >= 11 is 0. The molecule has 0 N–H and O–H groups in total. The van der Waals surface area contributed by atoms with Crippen LogP contribution in [0.25, 0.3) is 17.0 Å². The van der Waals surface area contributed by atoms with Crippen LogP contribution in [0, 0.1) is 5.82 Å². The van der Waals surface area contributed by atoms with E-state index in [1.165, 1.54) is 18.2 Å². The van der Waals surface area contributed by atoms with Crippen molar-refractivity contribution in [2.45, 2.75) is 6.42 Å². The number of rotatable bonds is 7. The molecule has 1 heterocycles. The highest BCUT2D eigenvalue weighted by atomic mass is 19.1. The fourth-order valence-electron chi connectivity index (χ4n) is 2.42. The van der Waals surface area contributed by atoms with E-state index in [-0.39, 0.29) is 12.4 Å². The molecule has 0 fully saturated rings. The van der Waals surface area contributed by atoms with Crippen LogP contribution < -0.4 is 4.74 Å². The van der Waals surface area contributed by atoms with Crippen molar-refractivity contribution >= 4 is 22.9 Å². The summed E-state index contributed by atoms with van der Waals surface area (Å²) in [6.45, 7) is 0.633. The third kappa shape index (κ3) is 4.89. The molecule has 26 heavy (non-hydrogen) atoms. The van der Waals surface area contributed by atoms with Crippen LogP contribution in [0.5, 0.6) is 5.75 Å². The van der Waals surface area contributed by atoms with E-state index in [2.05, 4.69) is 4.98 Å². The number of fused-ring (bicyclic) bond motifs is 1. The molecule has 0 radical (unpaired) electrons. The molecule has 4 nitrogen and oxygen atoms in total. The van der Waals surface area contributed by atoms with Crippen molar-refractivity contribution in [1.82, 2.24) is 4.98 Å². The van der Waals surface area contributed by atoms with Crippen LogP contribution >= 0.6 is 0 Å². The molecule has 0 saturated heterocycles. The first-order chi connectivity index (χ1) is 12.7. The van der Waals surface area contributed by atoms with Crippen molar-refractivity contribution in [2.75, 3.05) is 13.2 Å². The number of carbonyl (C=O) groups is 1. The number of ether oxygens (including phenoxy) is 2. The van der Waals surface area contributed by atoms with Gasteiger partial charge in [-0.1, -0.05) is 24.3 Å². The fraction of sp³-hybridized carbons (Fsp3) is 0.143. The molecule has 0 aliphatic carbocycles. The number of carbonyl (C=O) groups excluding carboxylic acids is 1. The van der Waals surface area contributed by atoms with E-state index in [0.717, 1.165) is 16.5 Å². The Morgan fingerprint density at radius 3 is 2.69 bits per heavy atom. The molecule has 2 aromatic carbocycles. The van der Waals surface area contributed by atoms with Crippen molar-refractivity contribution in [2.24, 2.45) is 0 Å². The SMILES string of the molecule is O=C(/C=C/c1cccc2cccnc12)OCCCOc1ccc(F)cc1. The number of aromatic nitrogens is 1. The Balaban J connectivity index is 1.43. The molecule has 0 aliphatic rings. The number of hydrogen-bond donors (Lipinski definition) is 0. The smallest absolute Gasteiger partial charge is 0.330 e. The van der Waals surface area contributed by atoms with Gasteiger partial charge in [0.1, 0.15) is 11.6 Å². The molecule has 132 valence electrons. The Kier molecular flexibility index (Phi) is 5.93. The van der Waals surface area contributed by atoms with Gasteiger partial charge in [-0.3, -0.25) is 4.98 Å². The van der Waals surface area contributed by atoms with E-state index in [1.807, 2.05) is 30.3 Å². The number of para-hydroxylation sites is 1. The normalized spacial score (nSPS) is 11.0. The second-order valence-corrected chi connectivity index (χ2v) is 5.58. The van der Waals surface area contributed by atoms with Gasteiger partial charge in [-0.15, -0.1) is 0 Å². The van der Waals surface area contributed by atoms with Crippen molar-refractivity contribution in [3.05, 3.63) is 78.3 Å².